The molecule has 5 rings (SSSR count). The van der Waals surface area contributed by atoms with E-state index in [0.29, 0.717) is 24.5 Å². The zero-order chi connectivity index (χ0) is 28.1. The van der Waals surface area contributed by atoms with Crippen LogP contribution in [-0.2, 0) is 18.3 Å². The SMILES string of the molecule is Cn1c(CCN2CCN(C(=O)c3ccccc3)CC2)nc2cc(NC(=O)COc3ccc([N+](=O)[O-])cc3)ccc21. The van der Waals surface area contributed by atoms with E-state index in [0.717, 1.165) is 48.5 Å². The van der Waals surface area contributed by atoms with Gasteiger partial charge in [-0.05, 0) is 42.5 Å². The Hall–Kier alpha value is -4.77. The Labute approximate surface area is 231 Å². The highest BCUT2D eigenvalue weighted by atomic mass is 16.6. The second kappa shape index (κ2) is 12.0. The summed E-state index contributed by atoms with van der Waals surface area (Å²) in [6.07, 6.45) is 0.766. The summed E-state index contributed by atoms with van der Waals surface area (Å²) >= 11 is 0. The van der Waals surface area contributed by atoms with E-state index in [1.54, 1.807) is 0 Å². The lowest BCUT2D eigenvalue weighted by Gasteiger charge is -2.34. The predicted molar refractivity (Wildman–Crippen MR) is 150 cm³/mol. The number of fused-ring (bicyclic) bond motifs is 1. The molecule has 0 aliphatic carbocycles. The van der Waals surface area contributed by atoms with Crippen LogP contribution in [0.15, 0.2) is 72.8 Å². The van der Waals surface area contributed by atoms with Crippen molar-refractivity contribution in [2.75, 3.05) is 44.6 Å². The van der Waals surface area contributed by atoms with Crippen molar-refractivity contribution in [3.63, 3.8) is 0 Å². The number of rotatable bonds is 9. The number of imidazole rings is 1. The lowest BCUT2D eigenvalue weighted by molar-refractivity contribution is -0.384. The van der Waals surface area contributed by atoms with Crippen LogP contribution in [0, 0.1) is 10.1 Å². The summed E-state index contributed by atoms with van der Waals surface area (Å²) in [5.41, 5.74) is 3.04. The number of carbonyl (C=O) groups excluding carboxylic acids is 2. The molecule has 1 aliphatic rings. The highest BCUT2D eigenvalue weighted by molar-refractivity contribution is 5.94. The van der Waals surface area contributed by atoms with Gasteiger partial charge in [0, 0.05) is 69.6 Å². The van der Waals surface area contributed by atoms with Crippen molar-refractivity contribution >= 4 is 34.2 Å². The molecular formula is C29H30N6O5. The molecule has 0 spiro atoms. The molecule has 1 aromatic heterocycles. The van der Waals surface area contributed by atoms with Gasteiger partial charge in [-0.2, -0.15) is 0 Å². The highest BCUT2D eigenvalue weighted by Crippen LogP contribution is 2.21. The van der Waals surface area contributed by atoms with Gasteiger partial charge in [0.25, 0.3) is 17.5 Å². The summed E-state index contributed by atoms with van der Waals surface area (Å²) in [6, 6.07) is 20.5. The maximum absolute atomic E-state index is 12.7. The number of carbonyl (C=O) groups is 2. The molecule has 2 heterocycles. The number of nitrogens with zero attached hydrogens (tertiary/aromatic N) is 5. The van der Waals surface area contributed by atoms with E-state index in [1.165, 1.54) is 24.3 Å². The summed E-state index contributed by atoms with van der Waals surface area (Å²) in [4.78, 5) is 44.4. The third kappa shape index (κ3) is 6.26. The van der Waals surface area contributed by atoms with Gasteiger partial charge in [0.1, 0.15) is 11.6 Å². The summed E-state index contributed by atoms with van der Waals surface area (Å²) < 4.78 is 7.50. The second-order valence-corrected chi connectivity index (χ2v) is 9.63. The largest absolute Gasteiger partial charge is 0.484 e. The van der Waals surface area contributed by atoms with Gasteiger partial charge in [-0.3, -0.25) is 24.6 Å². The molecule has 0 radical (unpaired) electrons. The van der Waals surface area contributed by atoms with Gasteiger partial charge in [-0.15, -0.1) is 0 Å². The molecule has 40 heavy (non-hydrogen) atoms. The molecular weight excluding hydrogens is 512 g/mol. The Balaban J connectivity index is 1.12. The van der Waals surface area contributed by atoms with E-state index in [-0.39, 0.29) is 24.1 Å². The van der Waals surface area contributed by atoms with E-state index < -0.39 is 4.92 Å². The van der Waals surface area contributed by atoms with Gasteiger partial charge in [0.2, 0.25) is 0 Å². The normalized spacial score (nSPS) is 13.8. The highest BCUT2D eigenvalue weighted by Gasteiger charge is 2.22. The van der Waals surface area contributed by atoms with E-state index >= 15 is 0 Å². The van der Waals surface area contributed by atoms with Crippen LogP contribution in [0.3, 0.4) is 0 Å². The van der Waals surface area contributed by atoms with Crippen LogP contribution in [0.4, 0.5) is 11.4 Å². The quantitative estimate of drug-likeness (QED) is 0.254. The number of nitro benzene ring substituents is 1. The smallest absolute Gasteiger partial charge is 0.269 e. The maximum Gasteiger partial charge on any atom is 0.269 e. The minimum Gasteiger partial charge on any atom is -0.484 e. The van der Waals surface area contributed by atoms with Gasteiger partial charge in [-0.1, -0.05) is 18.2 Å². The zero-order valence-corrected chi connectivity index (χ0v) is 22.2. The van der Waals surface area contributed by atoms with E-state index in [9.17, 15) is 19.7 Å². The minimum atomic E-state index is -0.493. The molecule has 0 saturated carbocycles. The van der Waals surface area contributed by atoms with Crippen molar-refractivity contribution in [2.24, 2.45) is 7.05 Å². The molecule has 3 aromatic carbocycles. The molecule has 0 bridgehead atoms. The Morgan fingerprint density at radius 2 is 1.73 bits per heavy atom. The summed E-state index contributed by atoms with van der Waals surface area (Å²) in [5, 5.41) is 13.6. The van der Waals surface area contributed by atoms with Crippen LogP contribution >= 0.6 is 0 Å². The van der Waals surface area contributed by atoms with Crippen LogP contribution in [0.25, 0.3) is 11.0 Å². The maximum atomic E-state index is 12.7. The fourth-order valence-corrected chi connectivity index (χ4v) is 4.76. The molecule has 1 fully saturated rings. The number of non-ortho nitro benzene ring substituents is 1. The van der Waals surface area contributed by atoms with E-state index in [1.807, 2.05) is 60.5 Å². The first-order chi connectivity index (χ1) is 19.4. The Morgan fingerprint density at radius 1 is 1.00 bits per heavy atom. The van der Waals surface area contributed by atoms with Gasteiger partial charge in [-0.25, -0.2) is 4.98 Å². The van der Waals surface area contributed by atoms with Gasteiger partial charge >= 0.3 is 0 Å². The van der Waals surface area contributed by atoms with Crippen molar-refractivity contribution < 1.29 is 19.2 Å². The number of ether oxygens (including phenoxy) is 1. The van der Waals surface area contributed by atoms with Crippen LogP contribution in [0.5, 0.6) is 5.75 Å². The Bertz CT molecular complexity index is 1510. The van der Waals surface area contributed by atoms with Crippen molar-refractivity contribution in [1.29, 1.82) is 0 Å². The Kier molecular flexibility index (Phi) is 8.02. The molecule has 11 nitrogen and oxygen atoms in total. The van der Waals surface area contributed by atoms with Crippen molar-refractivity contribution in [3.8, 4) is 5.75 Å². The first-order valence-electron chi connectivity index (χ1n) is 13.1. The standard InChI is InChI=1S/C29H30N6O5/c1-32-26-12-7-22(30-28(36)20-40-24-10-8-23(9-11-24)35(38)39)19-25(26)31-27(32)13-14-33-15-17-34(18-16-33)29(37)21-5-3-2-4-6-21/h2-12,19H,13-18,20H2,1H3,(H,30,36). The topological polar surface area (TPSA) is 123 Å². The average molecular weight is 543 g/mol. The summed E-state index contributed by atoms with van der Waals surface area (Å²) in [7, 11) is 1.98. The first-order valence-corrected chi connectivity index (χ1v) is 13.1. The fraction of sp³-hybridized carbons (Fsp3) is 0.276. The van der Waals surface area contributed by atoms with E-state index in [2.05, 4.69) is 14.8 Å². The monoisotopic (exact) mass is 542 g/mol. The van der Waals surface area contributed by atoms with Crippen molar-refractivity contribution in [2.45, 2.75) is 6.42 Å². The number of benzene rings is 3. The first kappa shape index (κ1) is 26.8. The van der Waals surface area contributed by atoms with Crippen LogP contribution in [-0.4, -0.2) is 75.4 Å². The van der Waals surface area contributed by atoms with Crippen LogP contribution in [0.2, 0.25) is 0 Å². The second-order valence-electron chi connectivity index (χ2n) is 9.63. The number of amides is 2. The van der Waals surface area contributed by atoms with Crippen molar-refractivity contribution in [1.82, 2.24) is 19.4 Å². The number of hydrogen-bond donors (Lipinski definition) is 1. The predicted octanol–water partition coefficient (Wildman–Crippen LogP) is 3.50. The lowest BCUT2D eigenvalue weighted by atomic mass is 10.2. The third-order valence-electron chi connectivity index (χ3n) is 7.01. The molecule has 0 atom stereocenters. The minimum absolute atomic E-state index is 0.0438. The number of aryl methyl sites for hydroxylation is 1. The molecule has 1 aliphatic heterocycles. The van der Waals surface area contributed by atoms with Crippen LogP contribution in [0.1, 0.15) is 16.2 Å². The zero-order valence-electron chi connectivity index (χ0n) is 22.2. The van der Waals surface area contributed by atoms with Gasteiger partial charge < -0.3 is 19.5 Å². The fourth-order valence-electron chi connectivity index (χ4n) is 4.76. The van der Waals surface area contributed by atoms with Crippen LogP contribution < -0.4 is 10.1 Å². The Morgan fingerprint density at radius 3 is 2.42 bits per heavy atom. The van der Waals surface area contributed by atoms with Gasteiger partial charge in [0.15, 0.2) is 6.61 Å². The molecule has 2 amide bonds. The van der Waals surface area contributed by atoms with Gasteiger partial charge in [0.05, 0.1) is 16.0 Å². The van der Waals surface area contributed by atoms with Crippen molar-refractivity contribution in [3.05, 3.63) is 94.3 Å². The lowest BCUT2D eigenvalue weighted by Crippen LogP contribution is -2.49. The number of anilines is 1. The average Bonchev–Trinajstić information content (AvgIpc) is 3.29. The number of hydrogen-bond acceptors (Lipinski definition) is 7. The van der Waals surface area contributed by atoms with E-state index in [4.69, 9.17) is 9.72 Å². The molecule has 206 valence electrons. The molecule has 1 N–H and O–H groups in total. The third-order valence-corrected chi connectivity index (χ3v) is 7.01. The molecule has 0 unspecified atom stereocenters. The summed E-state index contributed by atoms with van der Waals surface area (Å²) in [6.45, 7) is 3.66. The molecule has 1 saturated heterocycles. The number of piperazine rings is 1. The number of aromatic nitrogens is 2. The number of nitro groups is 1. The number of nitrogens with one attached hydrogen (secondary N) is 1. The molecule has 11 heteroatoms. The molecule has 4 aromatic rings. The summed E-state index contributed by atoms with van der Waals surface area (Å²) in [5.74, 6) is 1.05.